The Morgan fingerprint density at radius 1 is 1.08 bits per heavy atom. The number of aliphatic hydroxyl groups is 1. The SMILES string of the molecule is CCOc1ccc(NC(=O)[C@@H]2[C@H]3C(=O)N(CCCCO)C(C(=O)Nc4c(C)cccc4C)C34CC[C@H]2O4)cc1. The molecule has 5 rings (SSSR count). The predicted molar refractivity (Wildman–Crippen MR) is 146 cm³/mol. The molecule has 2 aromatic carbocycles. The first-order valence-corrected chi connectivity index (χ1v) is 13.8. The lowest BCUT2D eigenvalue weighted by molar-refractivity contribution is -0.139. The third kappa shape index (κ3) is 4.78. The van der Waals surface area contributed by atoms with E-state index in [4.69, 9.17) is 9.47 Å². The molecule has 9 nitrogen and oxygen atoms in total. The molecule has 0 aliphatic carbocycles. The van der Waals surface area contributed by atoms with Gasteiger partial charge in [0, 0.05) is 24.5 Å². The number of fused-ring (bicyclic) bond motifs is 1. The smallest absolute Gasteiger partial charge is 0.250 e. The quantitative estimate of drug-likeness (QED) is 0.402. The molecule has 3 amide bonds. The van der Waals surface area contributed by atoms with Crippen LogP contribution in [0.1, 0.15) is 43.7 Å². The van der Waals surface area contributed by atoms with E-state index >= 15 is 0 Å². The monoisotopic (exact) mass is 535 g/mol. The average molecular weight is 536 g/mol. The van der Waals surface area contributed by atoms with E-state index in [0.29, 0.717) is 50.3 Å². The third-order valence-corrected chi connectivity index (χ3v) is 8.32. The minimum absolute atomic E-state index is 0.00155. The van der Waals surface area contributed by atoms with Crippen molar-refractivity contribution in [2.24, 2.45) is 11.8 Å². The Balaban J connectivity index is 1.43. The number of aliphatic hydroxyl groups excluding tert-OH is 1. The van der Waals surface area contributed by atoms with Crippen molar-refractivity contribution in [2.75, 3.05) is 30.4 Å². The molecule has 5 atom stereocenters. The molecule has 9 heteroatoms. The maximum atomic E-state index is 14.0. The molecule has 3 heterocycles. The van der Waals surface area contributed by atoms with Gasteiger partial charge >= 0.3 is 0 Å². The first-order chi connectivity index (χ1) is 18.8. The number of hydrogen-bond donors (Lipinski definition) is 3. The van der Waals surface area contributed by atoms with Gasteiger partial charge in [0.2, 0.25) is 17.7 Å². The van der Waals surface area contributed by atoms with Crippen molar-refractivity contribution in [3.05, 3.63) is 53.6 Å². The van der Waals surface area contributed by atoms with Crippen LogP contribution in [0.15, 0.2) is 42.5 Å². The molecule has 2 aromatic rings. The Bertz CT molecular complexity index is 1230. The van der Waals surface area contributed by atoms with Gasteiger partial charge in [0.1, 0.15) is 17.4 Å². The Morgan fingerprint density at radius 2 is 1.79 bits per heavy atom. The number of para-hydroxylation sites is 1. The molecule has 1 spiro atoms. The molecule has 2 bridgehead atoms. The number of ether oxygens (including phenoxy) is 2. The highest BCUT2D eigenvalue weighted by molar-refractivity contribution is 6.05. The Kier molecular flexibility index (Phi) is 7.64. The van der Waals surface area contributed by atoms with E-state index < -0.39 is 29.6 Å². The number of benzene rings is 2. The van der Waals surface area contributed by atoms with Crippen LogP contribution < -0.4 is 15.4 Å². The highest BCUT2D eigenvalue weighted by Crippen LogP contribution is 2.58. The van der Waals surface area contributed by atoms with Gasteiger partial charge < -0.3 is 30.1 Å². The Morgan fingerprint density at radius 3 is 2.46 bits per heavy atom. The van der Waals surface area contributed by atoms with Crippen molar-refractivity contribution in [3.8, 4) is 5.75 Å². The molecular weight excluding hydrogens is 498 g/mol. The van der Waals surface area contributed by atoms with Crippen molar-refractivity contribution < 1.29 is 29.0 Å². The highest BCUT2D eigenvalue weighted by atomic mass is 16.5. The summed E-state index contributed by atoms with van der Waals surface area (Å²) in [5.41, 5.74) is 2.12. The number of anilines is 2. The zero-order valence-electron chi connectivity index (χ0n) is 22.7. The van der Waals surface area contributed by atoms with Crippen LogP contribution in [0.5, 0.6) is 5.75 Å². The molecule has 0 radical (unpaired) electrons. The second-order valence-electron chi connectivity index (χ2n) is 10.7. The lowest BCUT2D eigenvalue weighted by Gasteiger charge is -2.33. The maximum absolute atomic E-state index is 14.0. The van der Waals surface area contributed by atoms with E-state index in [0.717, 1.165) is 16.8 Å². The maximum Gasteiger partial charge on any atom is 0.250 e. The summed E-state index contributed by atoms with van der Waals surface area (Å²) in [7, 11) is 0. The molecule has 3 aliphatic heterocycles. The van der Waals surface area contributed by atoms with Crippen molar-refractivity contribution in [2.45, 2.75) is 64.2 Å². The molecule has 3 N–H and O–H groups in total. The summed E-state index contributed by atoms with van der Waals surface area (Å²) in [6.07, 6.45) is 1.75. The zero-order valence-corrected chi connectivity index (χ0v) is 22.7. The largest absolute Gasteiger partial charge is 0.494 e. The number of likely N-dealkylation sites (tertiary alicyclic amines) is 1. The Hall–Kier alpha value is -3.43. The van der Waals surface area contributed by atoms with Gasteiger partial charge in [0.05, 0.1) is 24.5 Å². The minimum atomic E-state index is -1.07. The van der Waals surface area contributed by atoms with E-state index in [2.05, 4.69) is 10.6 Å². The van der Waals surface area contributed by atoms with Crippen molar-refractivity contribution in [1.29, 1.82) is 0 Å². The first kappa shape index (κ1) is 27.1. The number of carbonyl (C=O) groups excluding carboxylic acids is 3. The molecule has 208 valence electrons. The van der Waals surface area contributed by atoms with Crippen LogP contribution in [0, 0.1) is 25.7 Å². The molecular formula is C30H37N3O6. The lowest BCUT2D eigenvalue weighted by Crippen LogP contribution is -2.53. The van der Waals surface area contributed by atoms with Crippen LogP contribution in [0.25, 0.3) is 0 Å². The van der Waals surface area contributed by atoms with Crippen LogP contribution in [-0.4, -0.2) is 65.2 Å². The predicted octanol–water partition coefficient (Wildman–Crippen LogP) is 3.43. The summed E-state index contributed by atoms with van der Waals surface area (Å²) in [6.45, 7) is 6.63. The Labute approximate surface area is 228 Å². The van der Waals surface area contributed by atoms with Crippen molar-refractivity contribution in [3.63, 3.8) is 0 Å². The fourth-order valence-corrected chi connectivity index (χ4v) is 6.62. The number of hydrogen-bond acceptors (Lipinski definition) is 6. The summed E-state index contributed by atoms with van der Waals surface area (Å²) in [5.74, 6) is -1.56. The van der Waals surface area contributed by atoms with E-state index in [1.54, 1.807) is 29.2 Å². The van der Waals surface area contributed by atoms with Crippen molar-refractivity contribution >= 4 is 29.1 Å². The van der Waals surface area contributed by atoms with E-state index in [9.17, 15) is 19.5 Å². The fourth-order valence-electron chi connectivity index (χ4n) is 6.62. The van der Waals surface area contributed by atoms with Gasteiger partial charge in [0.25, 0.3) is 0 Å². The van der Waals surface area contributed by atoms with E-state index in [1.807, 2.05) is 39.0 Å². The number of nitrogens with one attached hydrogen (secondary N) is 2. The van der Waals surface area contributed by atoms with Crippen LogP contribution in [0.2, 0.25) is 0 Å². The van der Waals surface area contributed by atoms with Crippen LogP contribution in [-0.2, 0) is 19.1 Å². The molecule has 0 saturated carbocycles. The number of nitrogens with zero attached hydrogens (tertiary/aromatic N) is 1. The molecule has 0 aromatic heterocycles. The topological polar surface area (TPSA) is 117 Å². The van der Waals surface area contributed by atoms with Gasteiger partial charge in [-0.2, -0.15) is 0 Å². The summed E-state index contributed by atoms with van der Waals surface area (Å²) < 4.78 is 12.0. The van der Waals surface area contributed by atoms with Gasteiger partial charge in [-0.15, -0.1) is 0 Å². The van der Waals surface area contributed by atoms with Gasteiger partial charge in [-0.1, -0.05) is 18.2 Å². The van der Waals surface area contributed by atoms with Crippen LogP contribution in [0.3, 0.4) is 0 Å². The van der Waals surface area contributed by atoms with Crippen LogP contribution in [0.4, 0.5) is 11.4 Å². The van der Waals surface area contributed by atoms with E-state index in [1.165, 1.54) is 0 Å². The molecule has 39 heavy (non-hydrogen) atoms. The van der Waals surface area contributed by atoms with Gasteiger partial charge in [-0.3, -0.25) is 14.4 Å². The summed E-state index contributed by atoms with van der Waals surface area (Å²) >= 11 is 0. The third-order valence-electron chi connectivity index (χ3n) is 8.32. The summed E-state index contributed by atoms with van der Waals surface area (Å²) in [5, 5.41) is 15.4. The molecule has 3 fully saturated rings. The number of unbranched alkanes of at least 4 members (excludes halogenated alkanes) is 1. The molecule has 3 saturated heterocycles. The normalized spacial score (nSPS) is 27.0. The average Bonchev–Trinajstić information content (AvgIpc) is 3.55. The second kappa shape index (κ2) is 11.0. The zero-order chi connectivity index (χ0) is 27.7. The summed E-state index contributed by atoms with van der Waals surface area (Å²) in [6, 6.07) is 12.1. The number of rotatable bonds is 10. The fraction of sp³-hybridized carbons (Fsp3) is 0.500. The lowest BCUT2D eigenvalue weighted by atomic mass is 9.70. The number of carbonyl (C=O) groups is 3. The number of amides is 3. The first-order valence-electron chi connectivity index (χ1n) is 13.8. The van der Waals surface area contributed by atoms with Gasteiger partial charge in [-0.05, 0) is 81.8 Å². The van der Waals surface area contributed by atoms with E-state index in [-0.39, 0.29) is 24.3 Å². The molecule has 3 aliphatic rings. The van der Waals surface area contributed by atoms with Gasteiger partial charge in [-0.25, -0.2) is 0 Å². The summed E-state index contributed by atoms with van der Waals surface area (Å²) in [4.78, 5) is 43.1. The minimum Gasteiger partial charge on any atom is -0.494 e. The van der Waals surface area contributed by atoms with Crippen LogP contribution >= 0.6 is 0 Å². The highest BCUT2D eigenvalue weighted by Gasteiger charge is 2.74. The number of aryl methyl sites for hydroxylation is 2. The standard InChI is InChI=1S/C30H37N3O6/c1-4-38-21-12-10-20(11-13-21)31-27(35)23-22-14-15-30(39-22)24(23)29(37)33(16-5-6-17-34)26(30)28(36)32-25-18(2)8-7-9-19(25)3/h7-13,22-24,26,34H,4-6,14-17H2,1-3H3,(H,31,35)(H,32,36)/t22-,23+,24+,26?,30?/m1/s1. The van der Waals surface area contributed by atoms with Gasteiger partial charge in [0.15, 0.2) is 0 Å². The second-order valence-corrected chi connectivity index (χ2v) is 10.7. The molecule has 2 unspecified atom stereocenters. The van der Waals surface area contributed by atoms with Crippen molar-refractivity contribution in [1.82, 2.24) is 4.90 Å².